The third-order valence-corrected chi connectivity index (χ3v) is 3.20. The number of rotatable bonds is 7. The molecule has 0 spiro atoms. The Bertz CT molecular complexity index is 289. The molecule has 5 heteroatoms. The Morgan fingerprint density at radius 3 is 2.41 bits per heavy atom. The average molecular weight is 242 g/mol. The van der Waals surface area contributed by atoms with Crippen LogP contribution in [0.5, 0.6) is 0 Å². The fourth-order valence-electron chi connectivity index (χ4n) is 2.04. The largest absolute Gasteiger partial charge is 0.481 e. The Hall–Kier alpha value is -1.10. The van der Waals surface area contributed by atoms with E-state index in [-0.39, 0.29) is 24.4 Å². The summed E-state index contributed by atoms with van der Waals surface area (Å²) in [5.74, 6) is -0.822. The van der Waals surface area contributed by atoms with Crippen molar-refractivity contribution in [2.24, 2.45) is 0 Å². The minimum atomic E-state index is -0.828. The van der Waals surface area contributed by atoms with Gasteiger partial charge in [-0.3, -0.25) is 14.5 Å². The van der Waals surface area contributed by atoms with Crippen molar-refractivity contribution in [3.8, 4) is 0 Å². The van der Waals surface area contributed by atoms with Crippen molar-refractivity contribution in [1.82, 2.24) is 10.2 Å². The first-order valence-electron chi connectivity index (χ1n) is 6.23. The fourth-order valence-corrected chi connectivity index (χ4v) is 2.04. The second-order valence-electron chi connectivity index (χ2n) is 4.74. The number of likely N-dealkylation sites (N-methyl/N-ethyl adjacent to an activating group) is 1. The van der Waals surface area contributed by atoms with Gasteiger partial charge in [-0.1, -0.05) is 6.92 Å². The number of carbonyl (C=O) groups is 2. The summed E-state index contributed by atoms with van der Waals surface area (Å²) in [5, 5.41) is 11.7. The minimum Gasteiger partial charge on any atom is -0.481 e. The molecule has 0 aromatic rings. The first kappa shape index (κ1) is 14.0. The number of carboxylic acids is 1. The van der Waals surface area contributed by atoms with Gasteiger partial charge >= 0.3 is 5.97 Å². The lowest BCUT2D eigenvalue weighted by Gasteiger charge is -2.31. The molecule has 98 valence electrons. The Morgan fingerprint density at radius 2 is 2.00 bits per heavy atom. The van der Waals surface area contributed by atoms with Gasteiger partial charge in [0.25, 0.3) is 0 Å². The number of aliphatic carboxylic acids is 1. The molecule has 2 unspecified atom stereocenters. The van der Waals surface area contributed by atoms with Gasteiger partial charge < -0.3 is 10.4 Å². The normalized spacial score (nSPS) is 18.8. The van der Waals surface area contributed by atoms with Crippen molar-refractivity contribution in [1.29, 1.82) is 0 Å². The van der Waals surface area contributed by atoms with Crippen molar-refractivity contribution < 1.29 is 14.7 Å². The van der Waals surface area contributed by atoms with E-state index in [1.807, 2.05) is 25.7 Å². The summed E-state index contributed by atoms with van der Waals surface area (Å²) in [6.45, 7) is 6.30. The molecule has 1 aliphatic carbocycles. The number of hydrogen-bond donors (Lipinski definition) is 2. The monoisotopic (exact) mass is 242 g/mol. The summed E-state index contributed by atoms with van der Waals surface area (Å²) in [6, 6.07) is -0.0501. The van der Waals surface area contributed by atoms with Crippen molar-refractivity contribution in [2.75, 3.05) is 6.54 Å². The van der Waals surface area contributed by atoms with Gasteiger partial charge in [-0.15, -0.1) is 0 Å². The number of nitrogens with zero attached hydrogens (tertiary/aromatic N) is 1. The van der Waals surface area contributed by atoms with E-state index >= 15 is 0 Å². The molecule has 1 saturated carbocycles. The lowest BCUT2D eigenvalue weighted by Crippen LogP contribution is -2.49. The molecule has 0 saturated heterocycles. The van der Waals surface area contributed by atoms with Gasteiger partial charge in [0.1, 0.15) is 0 Å². The van der Waals surface area contributed by atoms with E-state index in [2.05, 4.69) is 5.32 Å². The molecule has 0 aliphatic heterocycles. The second kappa shape index (κ2) is 6.00. The van der Waals surface area contributed by atoms with Crippen molar-refractivity contribution in [3.63, 3.8) is 0 Å². The Balaban J connectivity index is 2.51. The highest BCUT2D eigenvalue weighted by Gasteiger charge is 2.30. The first-order valence-corrected chi connectivity index (χ1v) is 6.23. The molecule has 5 nitrogen and oxygen atoms in total. The zero-order chi connectivity index (χ0) is 13.0. The van der Waals surface area contributed by atoms with E-state index in [0.717, 1.165) is 12.8 Å². The van der Waals surface area contributed by atoms with Crippen molar-refractivity contribution >= 4 is 11.9 Å². The van der Waals surface area contributed by atoms with Crippen LogP contribution in [-0.2, 0) is 9.59 Å². The molecule has 0 aromatic heterocycles. The Morgan fingerprint density at radius 1 is 1.41 bits per heavy atom. The first-order chi connectivity index (χ1) is 7.95. The molecule has 0 aromatic carbocycles. The van der Waals surface area contributed by atoms with Crippen molar-refractivity contribution in [3.05, 3.63) is 0 Å². The van der Waals surface area contributed by atoms with Crippen LogP contribution < -0.4 is 5.32 Å². The highest BCUT2D eigenvalue weighted by atomic mass is 16.4. The van der Waals surface area contributed by atoms with E-state index < -0.39 is 5.97 Å². The zero-order valence-corrected chi connectivity index (χ0v) is 10.8. The molecule has 1 fully saturated rings. The quantitative estimate of drug-likeness (QED) is 0.694. The van der Waals surface area contributed by atoms with Gasteiger partial charge in [-0.05, 0) is 33.2 Å². The molecular formula is C12H22N2O3. The zero-order valence-electron chi connectivity index (χ0n) is 10.8. The van der Waals surface area contributed by atoms with Crippen LogP contribution in [0.25, 0.3) is 0 Å². The van der Waals surface area contributed by atoms with E-state index in [9.17, 15) is 9.59 Å². The predicted octanol–water partition coefficient (Wildman–Crippen LogP) is 0.839. The van der Waals surface area contributed by atoms with Crippen LogP contribution in [0.3, 0.4) is 0 Å². The molecule has 1 aliphatic rings. The standard InChI is InChI=1S/C12H22N2O3/c1-4-14(8(2)7-11(15)16)9(3)12(17)13-10-5-6-10/h8-10H,4-7H2,1-3H3,(H,13,17)(H,15,16). The molecular weight excluding hydrogens is 220 g/mol. The second-order valence-corrected chi connectivity index (χ2v) is 4.74. The van der Waals surface area contributed by atoms with E-state index in [1.165, 1.54) is 0 Å². The molecule has 1 amide bonds. The molecule has 1 rings (SSSR count). The van der Waals surface area contributed by atoms with Gasteiger partial charge in [0.05, 0.1) is 12.5 Å². The van der Waals surface area contributed by atoms with Gasteiger partial charge in [-0.2, -0.15) is 0 Å². The third-order valence-electron chi connectivity index (χ3n) is 3.20. The molecule has 0 bridgehead atoms. The lowest BCUT2D eigenvalue weighted by molar-refractivity contribution is -0.139. The van der Waals surface area contributed by atoms with Crippen LogP contribution in [0.15, 0.2) is 0 Å². The molecule has 17 heavy (non-hydrogen) atoms. The topological polar surface area (TPSA) is 69.6 Å². The van der Waals surface area contributed by atoms with Gasteiger partial charge in [0, 0.05) is 12.1 Å². The van der Waals surface area contributed by atoms with Crippen LogP contribution >= 0.6 is 0 Å². The van der Waals surface area contributed by atoms with Crippen LogP contribution in [-0.4, -0.2) is 46.6 Å². The van der Waals surface area contributed by atoms with E-state index in [4.69, 9.17) is 5.11 Å². The third kappa shape index (κ3) is 4.34. The summed E-state index contributed by atoms with van der Waals surface area (Å²) < 4.78 is 0. The Labute approximate surface area is 102 Å². The summed E-state index contributed by atoms with van der Waals surface area (Å²) in [7, 11) is 0. The molecule has 0 heterocycles. The molecule has 2 atom stereocenters. The smallest absolute Gasteiger partial charge is 0.304 e. The number of carboxylic acid groups (broad SMARTS) is 1. The maximum atomic E-state index is 11.9. The minimum absolute atomic E-state index is 0.00610. The number of carbonyl (C=O) groups excluding carboxylic acids is 1. The van der Waals surface area contributed by atoms with Crippen LogP contribution in [0.4, 0.5) is 0 Å². The summed E-state index contributed by atoms with van der Waals surface area (Å²) in [4.78, 5) is 24.5. The van der Waals surface area contributed by atoms with Crippen LogP contribution in [0, 0.1) is 0 Å². The summed E-state index contributed by atoms with van der Waals surface area (Å²) in [5.41, 5.74) is 0. The van der Waals surface area contributed by atoms with Crippen LogP contribution in [0.1, 0.15) is 40.0 Å². The summed E-state index contributed by atoms with van der Waals surface area (Å²) >= 11 is 0. The van der Waals surface area contributed by atoms with Crippen LogP contribution in [0.2, 0.25) is 0 Å². The van der Waals surface area contributed by atoms with Crippen molar-refractivity contribution in [2.45, 2.75) is 58.2 Å². The highest BCUT2D eigenvalue weighted by molar-refractivity contribution is 5.82. The fraction of sp³-hybridized carbons (Fsp3) is 0.833. The number of nitrogens with one attached hydrogen (secondary N) is 1. The number of hydrogen-bond acceptors (Lipinski definition) is 3. The maximum absolute atomic E-state index is 11.9. The highest BCUT2D eigenvalue weighted by Crippen LogP contribution is 2.19. The van der Waals surface area contributed by atoms with Gasteiger partial charge in [0.2, 0.25) is 5.91 Å². The SMILES string of the molecule is CCN(C(C)CC(=O)O)C(C)C(=O)NC1CC1. The van der Waals surface area contributed by atoms with E-state index in [0.29, 0.717) is 12.6 Å². The average Bonchev–Trinajstić information content (AvgIpc) is 3.01. The van der Waals surface area contributed by atoms with Gasteiger partial charge in [0.15, 0.2) is 0 Å². The van der Waals surface area contributed by atoms with Gasteiger partial charge in [-0.25, -0.2) is 0 Å². The number of amides is 1. The molecule has 2 N–H and O–H groups in total. The maximum Gasteiger partial charge on any atom is 0.304 e. The molecule has 0 radical (unpaired) electrons. The lowest BCUT2D eigenvalue weighted by atomic mass is 10.1. The Kier molecular flexibility index (Phi) is 4.93. The predicted molar refractivity (Wildman–Crippen MR) is 64.7 cm³/mol. The van der Waals surface area contributed by atoms with E-state index in [1.54, 1.807) is 0 Å². The summed E-state index contributed by atoms with van der Waals surface area (Å²) in [6.07, 6.45) is 2.19.